The maximum absolute atomic E-state index is 13.4. The number of aromatic amines is 1. The molecule has 1 aliphatic carbocycles. The van der Waals surface area contributed by atoms with Gasteiger partial charge in [-0.15, -0.1) is 10.2 Å². The fraction of sp³-hybridized carbons (Fsp3) is 0.167. The molecule has 0 bridgehead atoms. The van der Waals surface area contributed by atoms with E-state index in [9.17, 15) is 19.2 Å². The van der Waals surface area contributed by atoms with Crippen LogP contribution in [0.1, 0.15) is 55.7 Å². The number of hydrogen-bond donors (Lipinski definition) is 5. The topological polar surface area (TPSA) is 215 Å². The summed E-state index contributed by atoms with van der Waals surface area (Å²) >= 11 is 0. The molecule has 0 saturated heterocycles. The van der Waals surface area contributed by atoms with Gasteiger partial charge in [0.2, 0.25) is 5.82 Å². The molecule has 3 aromatic heterocycles. The Morgan fingerprint density at radius 3 is 2.64 bits per heavy atom. The Kier molecular flexibility index (Phi) is 6.81. The maximum Gasteiger partial charge on any atom is 0.270 e. The van der Waals surface area contributed by atoms with E-state index in [1.54, 1.807) is 6.07 Å². The second-order valence-electron chi connectivity index (χ2n) is 10.6. The maximum atomic E-state index is 13.4. The number of rotatable bonds is 9. The number of anilines is 2. The van der Waals surface area contributed by atoms with Crippen molar-refractivity contribution >= 4 is 28.8 Å². The summed E-state index contributed by atoms with van der Waals surface area (Å²) in [5, 5.41) is 27.2. The van der Waals surface area contributed by atoms with Crippen LogP contribution in [0, 0.1) is 0 Å². The molecular formula is C30H25N11O4. The van der Waals surface area contributed by atoms with Gasteiger partial charge in [-0.25, -0.2) is 9.50 Å². The summed E-state index contributed by atoms with van der Waals surface area (Å²) in [5.74, 6) is -0.348. The molecule has 15 heteroatoms. The van der Waals surface area contributed by atoms with E-state index >= 15 is 0 Å². The van der Waals surface area contributed by atoms with Crippen molar-refractivity contribution in [2.24, 2.45) is 0 Å². The molecular weight excluding hydrogens is 578 g/mol. The van der Waals surface area contributed by atoms with Crippen LogP contribution >= 0.6 is 0 Å². The number of nitrogens with two attached hydrogens (primary N) is 1. The van der Waals surface area contributed by atoms with Crippen LogP contribution < -0.4 is 32.5 Å². The Morgan fingerprint density at radius 1 is 1.00 bits per heavy atom. The molecule has 0 unspecified atom stereocenters. The third kappa shape index (κ3) is 5.15. The number of fused-ring (bicyclic) bond motifs is 2. The summed E-state index contributed by atoms with van der Waals surface area (Å²) in [6.45, 7) is 0.464. The summed E-state index contributed by atoms with van der Waals surface area (Å²) in [4.78, 5) is 54.2. The number of hydrogen-bond acceptors (Lipinski definition) is 11. The normalized spacial score (nSPS) is 14.0. The SMILES string of the molecule is Nc1c(NCc2cccc(CNC(=O)c3cc(C(=O)N[C@H]4CCc5cc(-c6nn[nH]n6)ccc54)nc4ccnn34)c2)c(=O)c1=O. The first kappa shape index (κ1) is 27.6. The lowest BCUT2D eigenvalue weighted by Gasteiger charge is -2.15. The lowest BCUT2D eigenvalue weighted by atomic mass is 10.0. The Bertz CT molecular complexity index is 2160. The third-order valence-electron chi connectivity index (χ3n) is 7.82. The third-order valence-corrected chi connectivity index (χ3v) is 7.82. The molecule has 0 spiro atoms. The van der Waals surface area contributed by atoms with Gasteiger partial charge in [0.05, 0.1) is 12.2 Å². The van der Waals surface area contributed by atoms with Crippen molar-refractivity contribution in [3.63, 3.8) is 0 Å². The van der Waals surface area contributed by atoms with Gasteiger partial charge < -0.3 is 21.7 Å². The monoisotopic (exact) mass is 603 g/mol. The standard InChI is InChI=1S/C30H25N11O4/c31-24-25(27(43)26(24)42)32-13-15-2-1-3-16(10-15)14-33-30(45)22-12-21(35-23-8-9-34-41(22)23)29(44)36-20-7-5-17-11-18(4-6-19(17)20)28-37-39-40-38-28/h1-4,6,8-12,20,32H,5,7,13-14,31H2,(H,33,45)(H,36,44)(H,37,38,39,40)/t20-/m0/s1. The minimum atomic E-state index is -0.683. The first-order valence-corrected chi connectivity index (χ1v) is 14.1. The number of nitrogens with zero attached hydrogens (tertiary/aromatic N) is 6. The zero-order valence-electron chi connectivity index (χ0n) is 23.6. The lowest BCUT2D eigenvalue weighted by molar-refractivity contribution is 0.0931. The second-order valence-corrected chi connectivity index (χ2v) is 10.6. The van der Waals surface area contributed by atoms with Gasteiger partial charge in [-0.05, 0) is 46.4 Å². The number of aromatic nitrogens is 7. The Hall–Kier alpha value is -6.25. The summed E-state index contributed by atoms with van der Waals surface area (Å²) in [7, 11) is 0. The van der Waals surface area contributed by atoms with Crippen LogP contribution in [0.5, 0.6) is 0 Å². The van der Waals surface area contributed by atoms with Crippen LogP contribution in [0.3, 0.4) is 0 Å². The zero-order chi connectivity index (χ0) is 31.1. The van der Waals surface area contributed by atoms with Crippen LogP contribution in [-0.2, 0) is 19.5 Å². The van der Waals surface area contributed by atoms with Crippen LogP contribution in [-0.4, -0.2) is 47.0 Å². The fourth-order valence-corrected chi connectivity index (χ4v) is 5.51. The highest BCUT2D eigenvalue weighted by Crippen LogP contribution is 2.33. The number of H-pyrrole nitrogens is 1. The highest BCUT2D eigenvalue weighted by Gasteiger charge is 2.27. The summed E-state index contributed by atoms with van der Waals surface area (Å²) in [6, 6.07) is 16.0. The van der Waals surface area contributed by atoms with E-state index in [0.717, 1.165) is 34.2 Å². The molecule has 0 fully saturated rings. The number of aryl methyl sites for hydroxylation is 1. The van der Waals surface area contributed by atoms with Crippen LogP contribution in [0.4, 0.5) is 11.4 Å². The molecule has 1 atom stereocenters. The highest BCUT2D eigenvalue weighted by molar-refractivity contribution is 5.98. The van der Waals surface area contributed by atoms with Crippen LogP contribution in [0.15, 0.2) is 70.4 Å². The van der Waals surface area contributed by atoms with Crippen LogP contribution in [0.25, 0.3) is 17.0 Å². The second kappa shape index (κ2) is 11.1. The van der Waals surface area contributed by atoms with Crippen LogP contribution in [0.2, 0.25) is 0 Å². The molecule has 7 rings (SSSR count). The molecule has 224 valence electrons. The smallest absolute Gasteiger partial charge is 0.270 e. The molecule has 0 aliphatic heterocycles. The molecule has 15 nitrogen and oxygen atoms in total. The predicted octanol–water partition coefficient (Wildman–Crippen LogP) is 1.05. The van der Waals surface area contributed by atoms with Crippen molar-refractivity contribution in [3.05, 3.63) is 115 Å². The van der Waals surface area contributed by atoms with Gasteiger partial charge in [0.1, 0.15) is 22.8 Å². The van der Waals surface area contributed by atoms with E-state index in [-0.39, 0.29) is 41.9 Å². The van der Waals surface area contributed by atoms with Gasteiger partial charge >= 0.3 is 0 Å². The van der Waals surface area contributed by atoms with E-state index < -0.39 is 22.7 Å². The van der Waals surface area contributed by atoms with E-state index in [1.807, 2.05) is 42.5 Å². The zero-order valence-corrected chi connectivity index (χ0v) is 23.6. The molecule has 3 heterocycles. The molecule has 6 aromatic rings. The van der Waals surface area contributed by atoms with E-state index in [2.05, 4.69) is 46.7 Å². The number of nitrogens with one attached hydrogen (secondary N) is 4. The van der Waals surface area contributed by atoms with Gasteiger partial charge in [0.15, 0.2) is 5.65 Å². The minimum absolute atomic E-state index is 0.0673. The molecule has 2 amide bonds. The van der Waals surface area contributed by atoms with Gasteiger partial charge in [-0.3, -0.25) is 19.2 Å². The van der Waals surface area contributed by atoms with Crippen molar-refractivity contribution in [1.82, 2.24) is 45.9 Å². The number of benzene rings is 2. The molecule has 1 aliphatic rings. The first-order chi connectivity index (χ1) is 21.9. The summed E-state index contributed by atoms with van der Waals surface area (Å²) in [6.07, 6.45) is 3.00. The molecule has 3 aromatic carbocycles. The van der Waals surface area contributed by atoms with Crippen molar-refractivity contribution in [2.45, 2.75) is 32.0 Å². The molecule has 45 heavy (non-hydrogen) atoms. The Labute approximate surface area is 253 Å². The summed E-state index contributed by atoms with van der Waals surface area (Å²) < 4.78 is 1.38. The highest BCUT2D eigenvalue weighted by atomic mass is 16.2. The van der Waals surface area contributed by atoms with Crippen molar-refractivity contribution in [2.75, 3.05) is 11.1 Å². The average Bonchev–Trinajstić information content (AvgIpc) is 3.85. The molecule has 6 N–H and O–H groups in total. The average molecular weight is 604 g/mol. The van der Waals surface area contributed by atoms with E-state index in [0.29, 0.717) is 17.9 Å². The summed E-state index contributed by atoms with van der Waals surface area (Å²) in [5.41, 5.74) is 9.48. The Balaban J connectivity index is 1.04. The van der Waals surface area contributed by atoms with Crippen molar-refractivity contribution in [1.29, 1.82) is 0 Å². The largest absolute Gasteiger partial charge is 0.394 e. The van der Waals surface area contributed by atoms with Gasteiger partial charge in [0, 0.05) is 30.8 Å². The number of tetrazole rings is 1. The molecule has 0 radical (unpaired) electrons. The molecule has 0 saturated carbocycles. The number of nitrogen functional groups attached to an aromatic ring is 1. The fourth-order valence-electron chi connectivity index (χ4n) is 5.51. The Morgan fingerprint density at radius 2 is 1.84 bits per heavy atom. The lowest BCUT2D eigenvalue weighted by Crippen LogP contribution is -2.36. The van der Waals surface area contributed by atoms with Gasteiger partial charge in [-0.2, -0.15) is 10.3 Å². The quantitative estimate of drug-likeness (QED) is 0.147. The number of amides is 2. The first-order valence-electron chi connectivity index (χ1n) is 14.1. The van der Waals surface area contributed by atoms with Gasteiger partial charge in [0.25, 0.3) is 22.7 Å². The minimum Gasteiger partial charge on any atom is -0.394 e. The van der Waals surface area contributed by atoms with Gasteiger partial charge in [-0.1, -0.05) is 36.4 Å². The van der Waals surface area contributed by atoms with Crippen molar-refractivity contribution < 1.29 is 9.59 Å². The number of carbonyl (C=O) groups excluding carboxylic acids is 2. The van der Waals surface area contributed by atoms with E-state index in [1.165, 1.54) is 16.8 Å². The number of carbonyl (C=O) groups is 2. The van der Waals surface area contributed by atoms with E-state index in [4.69, 9.17) is 5.73 Å². The predicted molar refractivity (Wildman–Crippen MR) is 162 cm³/mol. The van der Waals surface area contributed by atoms with Crippen molar-refractivity contribution in [3.8, 4) is 11.4 Å².